The van der Waals surface area contributed by atoms with Crippen molar-refractivity contribution in [1.82, 2.24) is 24.6 Å². The van der Waals surface area contributed by atoms with Crippen LogP contribution < -0.4 is 4.72 Å². The van der Waals surface area contributed by atoms with Crippen LogP contribution in [0.2, 0.25) is 0 Å². The number of aryl methyl sites for hydroxylation is 1. The highest BCUT2D eigenvalue weighted by molar-refractivity contribution is 7.89. The summed E-state index contributed by atoms with van der Waals surface area (Å²) in [5.41, 5.74) is 0.905. The van der Waals surface area contributed by atoms with Gasteiger partial charge >= 0.3 is 0 Å². The molecule has 3 rings (SSSR count). The van der Waals surface area contributed by atoms with Crippen LogP contribution >= 0.6 is 0 Å². The van der Waals surface area contributed by atoms with Gasteiger partial charge in [-0.3, -0.25) is 9.58 Å². The highest BCUT2D eigenvalue weighted by atomic mass is 32.2. The van der Waals surface area contributed by atoms with Crippen LogP contribution in [0.1, 0.15) is 18.5 Å². The lowest BCUT2D eigenvalue weighted by molar-refractivity contribution is 0.198. The van der Waals surface area contributed by atoms with E-state index < -0.39 is 15.8 Å². The molecule has 0 aliphatic carbocycles. The zero-order valence-corrected chi connectivity index (χ0v) is 14.2. The van der Waals surface area contributed by atoms with E-state index in [9.17, 15) is 12.8 Å². The summed E-state index contributed by atoms with van der Waals surface area (Å²) in [6, 6.07) is 4.75. The third-order valence-corrected chi connectivity index (χ3v) is 5.61. The largest absolute Gasteiger partial charge is 0.297 e. The summed E-state index contributed by atoms with van der Waals surface area (Å²) in [7, 11) is -1.78. The van der Waals surface area contributed by atoms with E-state index in [0.29, 0.717) is 6.54 Å². The molecule has 1 aromatic heterocycles. The summed E-state index contributed by atoms with van der Waals surface area (Å²) >= 11 is 0. The summed E-state index contributed by atoms with van der Waals surface area (Å²) in [6.45, 7) is 2.28. The Morgan fingerprint density at radius 2 is 1.92 bits per heavy atom. The zero-order chi connectivity index (χ0) is 17.2. The maximum Gasteiger partial charge on any atom is 0.240 e. The van der Waals surface area contributed by atoms with Crippen molar-refractivity contribution in [2.75, 3.05) is 13.1 Å². The zero-order valence-electron chi connectivity index (χ0n) is 13.4. The number of nitrogens with one attached hydrogen (secondary N) is 1. The van der Waals surface area contributed by atoms with E-state index in [-0.39, 0.29) is 10.9 Å². The van der Waals surface area contributed by atoms with Crippen molar-refractivity contribution >= 4 is 10.0 Å². The summed E-state index contributed by atoms with van der Waals surface area (Å²) < 4.78 is 41.9. The summed E-state index contributed by atoms with van der Waals surface area (Å²) in [5.74, 6) is -0.453. The third kappa shape index (κ3) is 4.16. The first-order valence-electron chi connectivity index (χ1n) is 7.78. The van der Waals surface area contributed by atoms with E-state index in [1.165, 1.54) is 12.1 Å². The van der Waals surface area contributed by atoms with E-state index in [1.807, 2.05) is 13.2 Å². The minimum atomic E-state index is -3.61. The van der Waals surface area contributed by atoms with Crippen LogP contribution in [0.4, 0.5) is 4.39 Å². The molecule has 1 saturated heterocycles. The molecule has 130 valence electrons. The molecular formula is C15H20FN5O2S. The Hall–Kier alpha value is -1.84. The first-order valence-corrected chi connectivity index (χ1v) is 9.26. The fourth-order valence-corrected chi connectivity index (χ4v) is 4.11. The van der Waals surface area contributed by atoms with Gasteiger partial charge in [0.1, 0.15) is 5.82 Å². The summed E-state index contributed by atoms with van der Waals surface area (Å²) in [4.78, 5) is 2.32. The molecule has 24 heavy (non-hydrogen) atoms. The van der Waals surface area contributed by atoms with Crippen molar-refractivity contribution in [3.8, 4) is 0 Å². The predicted molar refractivity (Wildman–Crippen MR) is 86.0 cm³/mol. The number of halogens is 1. The molecule has 2 aromatic rings. The minimum absolute atomic E-state index is 0.0888. The van der Waals surface area contributed by atoms with Crippen molar-refractivity contribution in [1.29, 1.82) is 0 Å². The molecule has 1 aliphatic heterocycles. The number of piperidine rings is 1. The Labute approximate surface area is 140 Å². The number of hydrogen-bond donors (Lipinski definition) is 1. The molecular weight excluding hydrogens is 333 g/mol. The summed E-state index contributed by atoms with van der Waals surface area (Å²) in [6.07, 6.45) is 3.32. The van der Waals surface area contributed by atoms with E-state index in [4.69, 9.17) is 0 Å². The Kier molecular flexibility index (Phi) is 4.93. The van der Waals surface area contributed by atoms with Crippen LogP contribution in [0.25, 0.3) is 0 Å². The number of rotatable bonds is 5. The lowest BCUT2D eigenvalue weighted by atomic mass is 10.1. The molecule has 0 unspecified atom stereocenters. The van der Waals surface area contributed by atoms with Gasteiger partial charge in [-0.05, 0) is 37.1 Å². The van der Waals surface area contributed by atoms with Crippen molar-refractivity contribution in [2.24, 2.45) is 7.05 Å². The van der Waals surface area contributed by atoms with Gasteiger partial charge in [0.2, 0.25) is 10.0 Å². The number of hydrogen-bond acceptors (Lipinski definition) is 5. The molecule has 1 N–H and O–H groups in total. The lowest BCUT2D eigenvalue weighted by Crippen LogP contribution is -2.44. The molecule has 0 saturated carbocycles. The first kappa shape index (κ1) is 17.0. The predicted octanol–water partition coefficient (Wildman–Crippen LogP) is 0.897. The fraction of sp³-hybridized carbons (Fsp3) is 0.467. The van der Waals surface area contributed by atoms with Crippen LogP contribution in [0, 0.1) is 5.82 Å². The highest BCUT2D eigenvalue weighted by Gasteiger charge is 2.25. The average Bonchev–Trinajstić information content (AvgIpc) is 2.94. The van der Waals surface area contributed by atoms with Gasteiger partial charge in [0, 0.05) is 38.9 Å². The van der Waals surface area contributed by atoms with Crippen molar-refractivity contribution in [2.45, 2.75) is 30.3 Å². The van der Waals surface area contributed by atoms with Gasteiger partial charge in [0.15, 0.2) is 0 Å². The third-order valence-electron chi connectivity index (χ3n) is 4.07. The molecule has 0 radical (unpaired) electrons. The molecule has 9 heteroatoms. The monoisotopic (exact) mass is 353 g/mol. The molecule has 0 amide bonds. The molecule has 1 aliphatic rings. The van der Waals surface area contributed by atoms with Gasteiger partial charge in [-0.25, -0.2) is 17.5 Å². The first-order chi connectivity index (χ1) is 11.4. The maximum absolute atomic E-state index is 12.9. The van der Waals surface area contributed by atoms with Crippen LogP contribution in [-0.4, -0.2) is 47.4 Å². The molecule has 2 heterocycles. The van der Waals surface area contributed by atoms with Gasteiger partial charge in [0.05, 0.1) is 10.6 Å². The Morgan fingerprint density at radius 3 is 2.50 bits per heavy atom. The number of likely N-dealkylation sites (tertiary alicyclic amines) is 1. The van der Waals surface area contributed by atoms with Gasteiger partial charge in [0.25, 0.3) is 0 Å². The van der Waals surface area contributed by atoms with E-state index in [2.05, 4.69) is 19.9 Å². The molecule has 1 fully saturated rings. The minimum Gasteiger partial charge on any atom is -0.297 e. The second-order valence-corrected chi connectivity index (χ2v) is 7.72. The lowest BCUT2D eigenvalue weighted by Gasteiger charge is -2.31. The van der Waals surface area contributed by atoms with E-state index in [0.717, 1.165) is 43.8 Å². The second-order valence-electron chi connectivity index (χ2n) is 6.01. The second kappa shape index (κ2) is 6.96. The number of sulfonamides is 1. The quantitative estimate of drug-likeness (QED) is 0.864. The standard InChI is InChI=1S/C15H20FN5O2S/c1-20-10-14(17-19-20)11-21-8-6-13(7-9-21)18-24(22,23)15-4-2-12(16)3-5-15/h2-5,10,13,18H,6-9,11H2,1H3. The highest BCUT2D eigenvalue weighted by Crippen LogP contribution is 2.16. The Bertz CT molecular complexity index is 782. The van der Waals surface area contributed by atoms with Crippen molar-refractivity contribution in [3.05, 3.63) is 42.0 Å². The molecule has 0 spiro atoms. The summed E-state index contributed by atoms with van der Waals surface area (Å²) in [5, 5.41) is 7.97. The topological polar surface area (TPSA) is 80.1 Å². The SMILES string of the molecule is Cn1cc(CN2CCC(NS(=O)(=O)c3ccc(F)cc3)CC2)nn1. The van der Waals surface area contributed by atoms with E-state index in [1.54, 1.807) is 4.68 Å². The molecule has 7 nitrogen and oxygen atoms in total. The molecule has 1 aromatic carbocycles. The van der Waals surface area contributed by atoms with Crippen LogP contribution in [0.5, 0.6) is 0 Å². The van der Waals surface area contributed by atoms with Crippen molar-refractivity contribution in [3.63, 3.8) is 0 Å². The number of aromatic nitrogens is 3. The maximum atomic E-state index is 12.9. The normalized spacial score (nSPS) is 17.2. The van der Waals surface area contributed by atoms with E-state index >= 15 is 0 Å². The molecule has 0 bridgehead atoms. The number of nitrogens with zero attached hydrogens (tertiary/aromatic N) is 4. The van der Waals surface area contributed by atoms with Crippen LogP contribution in [0.15, 0.2) is 35.4 Å². The Morgan fingerprint density at radius 1 is 1.25 bits per heavy atom. The van der Waals surface area contributed by atoms with Gasteiger partial charge in [-0.2, -0.15) is 0 Å². The fourth-order valence-electron chi connectivity index (χ4n) is 2.81. The van der Waals surface area contributed by atoms with Gasteiger partial charge < -0.3 is 0 Å². The average molecular weight is 353 g/mol. The smallest absolute Gasteiger partial charge is 0.240 e. The number of benzene rings is 1. The van der Waals surface area contributed by atoms with Gasteiger partial charge in [-0.15, -0.1) is 5.10 Å². The van der Waals surface area contributed by atoms with Crippen LogP contribution in [-0.2, 0) is 23.6 Å². The van der Waals surface area contributed by atoms with Gasteiger partial charge in [-0.1, -0.05) is 5.21 Å². The Balaban J connectivity index is 1.54. The van der Waals surface area contributed by atoms with Crippen LogP contribution in [0.3, 0.4) is 0 Å². The molecule has 0 atom stereocenters. The van der Waals surface area contributed by atoms with Crippen molar-refractivity contribution < 1.29 is 12.8 Å².